The molecule has 0 aliphatic heterocycles. The van der Waals surface area contributed by atoms with Gasteiger partial charge >= 0.3 is 0 Å². The van der Waals surface area contributed by atoms with Gasteiger partial charge in [-0.25, -0.2) is 4.98 Å². The van der Waals surface area contributed by atoms with E-state index in [1.54, 1.807) is 12.3 Å². The number of carbonyl (C=O) groups excluding carboxylic acids is 1. The molecule has 9 heteroatoms. The largest absolute Gasteiger partial charge is 0.405 e. The highest BCUT2D eigenvalue weighted by atomic mass is 16.1. The van der Waals surface area contributed by atoms with E-state index in [4.69, 9.17) is 17.2 Å². The van der Waals surface area contributed by atoms with Crippen molar-refractivity contribution in [1.82, 2.24) is 9.97 Å². The lowest BCUT2D eigenvalue weighted by atomic mass is 9.91. The van der Waals surface area contributed by atoms with E-state index in [9.17, 15) is 4.79 Å². The highest BCUT2D eigenvalue weighted by molar-refractivity contribution is 5.98. The van der Waals surface area contributed by atoms with Gasteiger partial charge < -0.3 is 27.8 Å². The van der Waals surface area contributed by atoms with Crippen LogP contribution in [0.1, 0.15) is 36.0 Å². The lowest BCUT2D eigenvalue weighted by Crippen LogP contribution is -2.43. The van der Waals surface area contributed by atoms with E-state index < -0.39 is 5.91 Å². The number of aromatic nitrogens is 2. The molecule has 2 atom stereocenters. The number of carbonyl (C=O) groups is 1. The summed E-state index contributed by atoms with van der Waals surface area (Å²) in [4.78, 5) is 24.7. The van der Waals surface area contributed by atoms with Crippen molar-refractivity contribution in [3.8, 4) is 0 Å². The molecular weight excluding hydrogens is 368 g/mol. The molecule has 0 saturated heterocycles. The second-order valence-corrected chi connectivity index (χ2v) is 6.85. The number of hydrogen-bond acceptors (Lipinski definition) is 8. The Morgan fingerprint density at radius 3 is 2.66 bits per heavy atom. The summed E-state index contributed by atoms with van der Waals surface area (Å²) >= 11 is 0. The van der Waals surface area contributed by atoms with Gasteiger partial charge in [0.1, 0.15) is 11.4 Å². The van der Waals surface area contributed by atoms with Gasteiger partial charge in [0.25, 0.3) is 5.91 Å². The average Bonchev–Trinajstić information content (AvgIpc) is 2.71. The summed E-state index contributed by atoms with van der Waals surface area (Å²) in [5.41, 5.74) is 18.7. The summed E-state index contributed by atoms with van der Waals surface area (Å²) in [6.07, 6.45) is 10.3. The molecule has 1 amide bonds. The first-order valence-electron chi connectivity index (χ1n) is 9.54. The summed E-state index contributed by atoms with van der Waals surface area (Å²) < 4.78 is 0. The van der Waals surface area contributed by atoms with Crippen LogP contribution in [-0.4, -0.2) is 34.2 Å². The van der Waals surface area contributed by atoms with Crippen LogP contribution >= 0.6 is 0 Å². The quantitative estimate of drug-likeness (QED) is 0.450. The fraction of sp³-hybridized carbons (Fsp3) is 0.300. The predicted octanol–water partition coefficient (Wildman–Crippen LogP) is 2.18. The van der Waals surface area contributed by atoms with Crippen molar-refractivity contribution < 1.29 is 4.79 Å². The molecule has 1 saturated carbocycles. The maximum atomic E-state index is 11.8. The average molecular weight is 394 g/mol. The molecule has 29 heavy (non-hydrogen) atoms. The Morgan fingerprint density at radius 2 is 1.97 bits per heavy atom. The molecule has 1 heterocycles. The van der Waals surface area contributed by atoms with Crippen LogP contribution in [0.3, 0.4) is 0 Å². The highest BCUT2D eigenvalue weighted by Gasteiger charge is 2.23. The van der Waals surface area contributed by atoms with E-state index >= 15 is 0 Å². The van der Waals surface area contributed by atoms with Gasteiger partial charge in [-0.15, -0.1) is 0 Å². The molecule has 0 unspecified atom stereocenters. The molecule has 1 aliphatic rings. The number of nitrogens with zero attached hydrogens (tertiary/aromatic N) is 3. The fourth-order valence-corrected chi connectivity index (χ4v) is 3.18. The molecule has 9 nitrogen and oxygen atoms in total. The number of benzene rings is 1. The van der Waals surface area contributed by atoms with Crippen LogP contribution < -0.4 is 27.8 Å². The number of aliphatic imine (C=N–C) groups is 1. The van der Waals surface area contributed by atoms with Crippen molar-refractivity contribution in [2.24, 2.45) is 22.2 Å². The lowest BCUT2D eigenvalue weighted by Gasteiger charge is -2.29. The van der Waals surface area contributed by atoms with Crippen LogP contribution in [-0.2, 0) is 0 Å². The number of hydrogen-bond donors (Lipinski definition) is 5. The van der Waals surface area contributed by atoms with Gasteiger partial charge in [0.15, 0.2) is 0 Å². The van der Waals surface area contributed by atoms with E-state index in [2.05, 4.69) is 25.6 Å². The monoisotopic (exact) mass is 394 g/mol. The second kappa shape index (κ2) is 9.65. The Balaban J connectivity index is 1.78. The number of amides is 1. The minimum Gasteiger partial charge on any atom is -0.405 e. The third-order valence-electron chi connectivity index (χ3n) is 4.74. The third kappa shape index (κ3) is 5.52. The van der Waals surface area contributed by atoms with Crippen LogP contribution in [0.25, 0.3) is 0 Å². The topological polar surface area (TPSA) is 157 Å². The van der Waals surface area contributed by atoms with Crippen LogP contribution in [0.2, 0.25) is 0 Å². The van der Waals surface area contributed by atoms with Crippen molar-refractivity contribution >= 4 is 35.3 Å². The van der Waals surface area contributed by atoms with E-state index in [0.717, 1.165) is 37.1 Å². The zero-order valence-electron chi connectivity index (χ0n) is 16.1. The van der Waals surface area contributed by atoms with Gasteiger partial charge in [-0.3, -0.25) is 9.79 Å². The minimum atomic E-state index is -0.608. The number of rotatable bonds is 7. The molecule has 152 valence electrons. The normalized spacial score (nSPS) is 19.5. The van der Waals surface area contributed by atoms with Gasteiger partial charge in [-0.2, -0.15) is 4.98 Å². The molecule has 2 aromatic rings. The fourth-order valence-electron chi connectivity index (χ4n) is 3.18. The lowest BCUT2D eigenvalue weighted by molar-refractivity contribution is 0.100. The summed E-state index contributed by atoms with van der Waals surface area (Å²) in [7, 11) is 0. The predicted molar refractivity (Wildman–Crippen MR) is 116 cm³/mol. The molecule has 1 aliphatic carbocycles. The van der Waals surface area contributed by atoms with Crippen molar-refractivity contribution in [3.05, 3.63) is 48.3 Å². The Kier molecular flexibility index (Phi) is 6.75. The van der Waals surface area contributed by atoms with Gasteiger partial charge in [0.2, 0.25) is 5.95 Å². The first-order chi connectivity index (χ1) is 14.1. The van der Waals surface area contributed by atoms with Crippen molar-refractivity contribution in [2.45, 2.75) is 37.8 Å². The summed E-state index contributed by atoms with van der Waals surface area (Å²) in [6.45, 7) is 0. The first-order valence-corrected chi connectivity index (χ1v) is 9.54. The molecule has 0 bridgehead atoms. The summed E-state index contributed by atoms with van der Waals surface area (Å²) in [5.74, 6) is 0.138. The molecular formula is C20H26N8O. The number of allylic oxidation sites excluding steroid dienone is 1. The van der Waals surface area contributed by atoms with E-state index in [1.807, 2.05) is 24.3 Å². The van der Waals surface area contributed by atoms with Gasteiger partial charge in [0.05, 0.1) is 5.69 Å². The van der Waals surface area contributed by atoms with Crippen LogP contribution in [0.4, 0.5) is 23.1 Å². The van der Waals surface area contributed by atoms with Crippen LogP contribution in [0.15, 0.2) is 47.7 Å². The van der Waals surface area contributed by atoms with Gasteiger partial charge in [-0.1, -0.05) is 12.8 Å². The van der Waals surface area contributed by atoms with E-state index in [1.165, 1.54) is 12.4 Å². The molecule has 1 aromatic carbocycles. The zero-order chi connectivity index (χ0) is 20.6. The molecule has 8 N–H and O–H groups in total. The van der Waals surface area contributed by atoms with Crippen LogP contribution in [0.5, 0.6) is 0 Å². The maximum Gasteiger partial charge on any atom is 0.254 e. The number of nitrogens with one attached hydrogen (secondary N) is 2. The van der Waals surface area contributed by atoms with Crippen molar-refractivity contribution in [3.63, 3.8) is 0 Å². The number of anilines is 3. The Bertz CT molecular complexity index is 894. The molecule has 3 rings (SSSR count). The van der Waals surface area contributed by atoms with E-state index in [-0.39, 0.29) is 17.6 Å². The summed E-state index contributed by atoms with van der Waals surface area (Å²) in [6, 6.07) is 7.48. The van der Waals surface area contributed by atoms with E-state index in [0.29, 0.717) is 11.8 Å². The Morgan fingerprint density at radius 1 is 1.21 bits per heavy atom. The standard InChI is InChI=1S/C20H26N8O/c21-10-3-11-24-13-6-8-14(9-7-13)26-19-15(18(23)29)12-25-20(28-19)27-17-5-2-1-4-16(17)22/h3,6-12,16-17H,1-2,4-5,21-22H2,(H2,23,29)(H2,25,26,27,28)/t16-,17+/m0/s1. The molecule has 0 spiro atoms. The maximum absolute atomic E-state index is 11.8. The Labute approximate surface area is 169 Å². The molecule has 1 fully saturated rings. The third-order valence-corrected chi connectivity index (χ3v) is 4.74. The smallest absolute Gasteiger partial charge is 0.254 e. The van der Waals surface area contributed by atoms with Crippen molar-refractivity contribution in [2.75, 3.05) is 10.6 Å². The highest BCUT2D eigenvalue weighted by Crippen LogP contribution is 2.24. The first kappa shape index (κ1) is 20.3. The summed E-state index contributed by atoms with van der Waals surface area (Å²) in [5, 5.41) is 6.41. The Hall–Kier alpha value is -3.46. The minimum absolute atomic E-state index is 0.0572. The SMILES string of the molecule is NC=CC=Nc1ccc(Nc2nc(N[C@@H]3CCCC[C@@H]3N)ncc2C(N)=O)cc1. The number of nitrogens with two attached hydrogens (primary N) is 3. The second-order valence-electron chi connectivity index (χ2n) is 6.85. The van der Waals surface area contributed by atoms with Gasteiger partial charge in [0, 0.05) is 30.2 Å². The molecule has 0 radical (unpaired) electrons. The number of primary amides is 1. The van der Waals surface area contributed by atoms with Crippen molar-refractivity contribution in [1.29, 1.82) is 0 Å². The molecule has 1 aromatic heterocycles. The van der Waals surface area contributed by atoms with Gasteiger partial charge in [-0.05, 0) is 49.4 Å². The zero-order valence-corrected chi connectivity index (χ0v) is 16.1. The van der Waals surface area contributed by atoms with Crippen LogP contribution in [0, 0.1) is 0 Å².